The lowest BCUT2D eigenvalue weighted by atomic mass is 10.3. The standard InChI is InChI=1S/C16H20N4O/c1-4-12(2)20-10-9-13(17-20)11-19-15-8-6-5-7-14(15)18(3)16(19)21/h5-10,12H,4,11H2,1-3H3. The van der Waals surface area contributed by atoms with Gasteiger partial charge in [-0.2, -0.15) is 5.10 Å². The number of rotatable bonds is 4. The van der Waals surface area contributed by atoms with E-state index in [4.69, 9.17) is 0 Å². The molecule has 3 rings (SSSR count). The van der Waals surface area contributed by atoms with Crippen molar-refractivity contribution < 1.29 is 0 Å². The third kappa shape index (κ3) is 2.28. The number of nitrogens with zero attached hydrogens (tertiary/aromatic N) is 4. The molecule has 0 saturated carbocycles. The van der Waals surface area contributed by atoms with Crippen LogP contribution in [-0.2, 0) is 13.6 Å². The first-order valence-corrected chi connectivity index (χ1v) is 7.30. The molecule has 0 aliphatic heterocycles. The molecule has 0 saturated heterocycles. The van der Waals surface area contributed by atoms with E-state index in [1.54, 1.807) is 16.2 Å². The van der Waals surface area contributed by atoms with E-state index in [2.05, 4.69) is 18.9 Å². The predicted octanol–water partition coefficient (Wildman–Crippen LogP) is 2.56. The molecule has 0 spiro atoms. The first-order valence-electron chi connectivity index (χ1n) is 7.30. The van der Waals surface area contributed by atoms with Crippen LogP contribution in [0.4, 0.5) is 0 Å². The van der Waals surface area contributed by atoms with Crippen molar-refractivity contribution in [1.29, 1.82) is 0 Å². The van der Waals surface area contributed by atoms with Crippen LogP contribution in [0.5, 0.6) is 0 Å². The highest BCUT2D eigenvalue weighted by atomic mass is 16.1. The molecule has 3 aromatic rings. The third-order valence-corrected chi connectivity index (χ3v) is 4.08. The summed E-state index contributed by atoms with van der Waals surface area (Å²) in [5.74, 6) is 0. The van der Waals surface area contributed by atoms with Gasteiger partial charge < -0.3 is 0 Å². The van der Waals surface area contributed by atoms with Crippen LogP contribution >= 0.6 is 0 Å². The monoisotopic (exact) mass is 284 g/mol. The average molecular weight is 284 g/mol. The first kappa shape index (κ1) is 13.7. The van der Waals surface area contributed by atoms with Crippen molar-refractivity contribution in [2.24, 2.45) is 7.05 Å². The lowest BCUT2D eigenvalue weighted by Gasteiger charge is -2.08. The van der Waals surface area contributed by atoms with E-state index in [-0.39, 0.29) is 5.69 Å². The van der Waals surface area contributed by atoms with E-state index in [1.165, 1.54) is 0 Å². The Morgan fingerprint density at radius 1 is 1.19 bits per heavy atom. The van der Waals surface area contributed by atoms with Gasteiger partial charge in [0.05, 0.1) is 23.3 Å². The summed E-state index contributed by atoms with van der Waals surface area (Å²) in [5.41, 5.74) is 2.80. The molecule has 0 fully saturated rings. The Hall–Kier alpha value is -2.30. The molecule has 1 unspecified atom stereocenters. The maximum Gasteiger partial charge on any atom is 0.329 e. The Bertz CT molecular complexity index is 824. The largest absolute Gasteiger partial charge is 0.329 e. The summed E-state index contributed by atoms with van der Waals surface area (Å²) in [6.45, 7) is 4.78. The molecule has 0 bridgehead atoms. The van der Waals surface area contributed by atoms with Gasteiger partial charge in [0.25, 0.3) is 0 Å². The Kier molecular flexibility index (Phi) is 3.41. The highest BCUT2D eigenvalue weighted by Crippen LogP contribution is 2.14. The minimum atomic E-state index is -0.00529. The lowest BCUT2D eigenvalue weighted by Crippen LogP contribution is -2.23. The lowest BCUT2D eigenvalue weighted by molar-refractivity contribution is 0.472. The molecule has 0 aliphatic rings. The summed E-state index contributed by atoms with van der Waals surface area (Å²) in [4.78, 5) is 12.4. The Morgan fingerprint density at radius 2 is 1.90 bits per heavy atom. The minimum absolute atomic E-state index is 0.00529. The summed E-state index contributed by atoms with van der Waals surface area (Å²) >= 11 is 0. The topological polar surface area (TPSA) is 44.8 Å². The fourth-order valence-electron chi connectivity index (χ4n) is 2.57. The zero-order chi connectivity index (χ0) is 15.0. The van der Waals surface area contributed by atoms with Crippen molar-refractivity contribution in [3.8, 4) is 0 Å². The SMILES string of the molecule is CCC(C)n1ccc(Cn2c(=O)n(C)c3ccccc32)n1. The van der Waals surface area contributed by atoms with Gasteiger partial charge in [-0.3, -0.25) is 13.8 Å². The number of aromatic nitrogens is 4. The molecular formula is C16H20N4O. The van der Waals surface area contributed by atoms with Gasteiger partial charge in [0.2, 0.25) is 0 Å². The summed E-state index contributed by atoms with van der Waals surface area (Å²) in [6, 6.07) is 10.2. The van der Waals surface area contributed by atoms with Crippen molar-refractivity contribution >= 4 is 11.0 Å². The second kappa shape index (κ2) is 5.24. The number of aryl methyl sites for hydroxylation is 1. The normalized spacial score (nSPS) is 12.9. The molecule has 0 N–H and O–H groups in total. The van der Waals surface area contributed by atoms with E-state index in [0.29, 0.717) is 12.6 Å². The molecule has 0 radical (unpaired) electrons. The molecule has 110 valence electrons. The Balaban J connectivity index is 2.01. The fourth-order valence-corrected chi connectivity index (χ4v) is 2.57. The predicted molar refractivity (Wildman–Crippen MR) is 83.5 cm³/mol. The molecule has 0 amide bonds. The van der Waals surface area contributed by atoms with Crippen molar-refractivity contribution in [2.75, 3.05) is 0 Å². The highest BCUT2D eigenvalue weighted by Gasteiger charge is 2.12. The summed E-state index contributed by atoms with van der Waals surface area (Å²) in [7, 11) is 1.80. The van der Waals surface area contributed by atoms with Gasteiger partial charge in [0.1, 0.15) is 0 Å². The van der Waals surface area contributed by atoms with Crippen molar-refractivity contribution in [1.82, 2.24) is 18.9 Å². The van der Waals surface area contributed by atoms with Gasteiger partial charge in [-0.05, 0) is 31.5 Å². The molecule has 1 atom stereocenters. The van der Waals surface area contributed by atoms with Crippen LogP contribution in [0.25, 0.3) is 11.0 Å². The zero-order valence-corrected chi connectivity index (χ0v) is 12.7. The zero-order valence-electron chi connectivity index (χ0n) is 12.7. The minimum Gasteiger partial charge on any atom is -0.295 e. The second-order valence-electron chi connectivity index (χ2n) is 5.46. The van der Waals surface area contributed by atoms with E-state index in [1.807, 2.05) is 41.2 Å². The van der Waals surface area contributed by atoms with E-state index >= 15 is 0 Å². The van der Waals surface area contributed by atoms with Crippen LogP contribution in [0.1, 0.15) is 32.0 Å². The van der Waals surface area contributed by atoms with E-state index < -0.39 is 0 Å². The van der Waals surface area contributed by atoms with Gasteiger partial charge in [-0.25, -0.2) is 4.79 Å². The van der Waals surface area contributed by atoms with Crippen molar-refractivity contribution in [3.63, 3.8) is 0 Å². The van der Waals surface area contributed by atoms with E-state index in [9.17, 15) is 4.79 Å². The number of para-hydroxylation sites is 2. The Morgan fingerprint density at radius 3 is 2.62 bits per heavy atom. The molecule has 21 heavy (non-hydrogen) atoms. The average Bonchev–Trinajstić information content (AvgIpc) is 3.07. The maximum absolute atomic E-state index is 12.4. The highest BCUT2D eigenvalue weighted by molar-refractivity contribution is 5.75. The quantitative estimate of drug-likeness (QED) is 0.739. The number of hydrogen-bond donors (Lipinski definition) is 0. The van der Waals surface area contributed by atoms with Gasteiger partial charge in [0, 0.05) is 19.3 Å². The summed E-state index contributed by atoms with van der Waals surface area (Å²) < 4.78 is 5.42. The number of fused-ring (bicyclic) bond motifs is 1. The van der Waals surface area contributed by atoms with Gasteiger partial charge in [0.15, 0.2) is 0 Å². The first-order chi connectivity index (χ1) is 10.1. The van der Waals surface area contributed by atoms with Crippen LogP contribution in [-0.4, -0.2) is 18.9 Å². The molecule has 0 aliphatic carbocycles. The van der Waals surface area contributed by atoms with Crippen LogP contribution < -0.4 is 5.69 Å². The molecule has 2 heterocycles. The maximum atomic E-state index is 12.4. The van der Waals surface area contributed by atoms with Gasteiger partial charge >= 0.3 is 5.69 Å². The van der Waals surface area contributed by atoms with E-state index in [0.717, 1.165) is 23.1 Å². The molecule has 2 aromatic heterocycles. The van der Waals surface area contributed by atoms with Crippen LogP contribution in [0.15, 0.2) is 41.3 Å². The van der Waals surface area contributed by atoms with Gasteiger partial charge in [-0.1, -0.05) is 19.1 Å². The molecule has 5 nitrogen and oxygen atoms in total. The van der Waals surface area contributed by atoms with Crippen molar-refractivity contribution in [3.05, 3.63) is 52.7 Å². The molecule has 5 heteroatoms. The summed E-state index contributed by atoms with van der Waals surface area (Å²) in [5, 5.41) is 4.58. The molecular weight excluding hydrogens is 264 g/mol. The number of benzene rings is 1. The van der Waals surface area contributed by atoms with Crippen LogP contribution in [0.3, 0.4) is 0 Å². The summed E-state index contributed by atoms with van der Waals surface area (Å²) in [6.07, 6.45) is 3.02. The van der Waals surface area contributed by atoms with Crippen molar-refractivity contribution in [2.45, 2.75) is 32.9 Å². The van der Waals surface area contributed by atoms with Gasteiger partial charge in [-0.15, -0.1) is 0 Å². The fraction of sp³-hybridized carbons (Fsp3) is 0.375. The Labute approximate surface area is 123 Å². The van der Waals surface area contributed by atoms with Crippen LogP contribution in [0.2, 0.25) is 0 Å². The molecule has 1 aromatic carbocycles. The number of imidazole rings is 1. The number of hydrogen-bond acceptors (Lipinski definition) is 2. The smallest absolute Gasteiger partial charge is 0.295 e. The van der Waals surface area contributed by atoms with Crippen LogP contribution in [0, 0.1) is 0 Å². The third-order valence-electron chi connectivity index (χ3n) is 4.08. The second-order valence-corrected chi connectivity index (χ2v) is 5.46.